The summed E-state index contributed by atoms with van der Waals surface area (Å²) in [6, 6.07) is 0. The second kappa shape index (κ2) is 11.2. The van der Waals surface area contributed by atoms with Crippen molar-refractivity contribution in [2.45, 2.75) is 19.3 Å². The zero-order chi connectivity index (χ0) is 13.9. The van der Waals surface area contributed by atoms with Gasteiger partial charge in [0.2, 0.25) is 0 Å². The van der Waals surface area contributed by atoms with Crippen LogP contribution in [0.4, 0.5) is 0 Å². The van der Waals surface area contributed by atoms with E-state index in [0.717, 1.165) is 6.42 Å². The van der Waals surface area contributed by atoms with Gasteiger partial charge in [-0.1, -0.05) is 0 Å². The molecule has 0 aromatic carbocycles. The Bertz CT molecular complexity index is 240. The van der Waals surface area contributed by atoms with Gasteiger partial charge in [-0.3, -0.25) is 4.52 Å². The molecule has 0 bridgehead atoms. The van der Waals surface area contributed by atoms with Gasteiger partial charge in [0.15, 0.2) is 0 Å². The summed E-state index contributed by atoms with van der Waals surface area (Å²) in [4.78, 5) is 0. The molecule has 0 rings (SSSR count). The molecule has 8 heteroatoms. The van der Waals surface area contributed by atoms with Crippen molar-refractivity contribution in [1.82, 2.24) is 0 Å². The molecule has 2 unspecified atom stereocenters. The lowest BCUT2D eigenvalue weighted by Crippen LogP contribution is -2.09. The largest absolute Gasteiger partial charge is 0.415 e. The van der Waals surface area contributed by atoms with Gasteiger partial charge < -0.3 is 18.6 Å². The summed E-state index contributed by atoms with van der Waals surface area (Å²) < 4.78 is 31.6. The van der Waals surface area contributed by atoms with Crippen LogP contribution in [0.5, 0.6) is 0 Å². The van der Waals surface area contributed by atoms with Gasteiger partial charge in [0.1, 0.15) is 11.7 Å². The Morgan fingerprint density at radius 2 is 1.83 bits per heavy atom. The summed E-state index contributed by atoms with van der Waals surface area (Å²) in [5.41, 5.74) is 0. The summed E-state index contributed by atoms with van der Waals surface area (Å²) in [5.74, 6) is 0.285. The molecule has 0 radical (unpaired) electrons. The molecule has 0 aromatic rings. The second-order valence-electron chi connectivity index (χ2n) is 3.65. The lowest BCUT2D eigenvalue weighted by Gasteiger charge is -2.17. The van der Waals surface area contributed by atoms with Crippen molar-refractivity contribution >= 4 is 18.5 Å². The van der Waals surface area contributed by atoms with Gasteiger partial charge >= 0.3 is 6.80 Å². The van der Waals surface area contributed by atoms with Crippen LogP contribution in [0.3, 0.4) is 0 Å². The number of aliphatic hydroxyl groups is 1. The minimum absolute atomic E-state index is 0.128. The van der Waals surface area contributed by atoms with Crippen LogP contribution >= 0.6 is 18.5 Å². The molecular weight excluding hydrogens is 279 g/mol. The number of ether oxygens (including phenoxy) is 1. The monoisotopic (exact) mass is 302 g/mol. The first-order valence-corrected chi connectivity index (χ1v) is 8.63. The topological polar surface area (TPSA) is 74.2 Å². The summed E-state index contributed by atoms with van der Waals surface area (Å²) in [7, 11) is 4.37. The lowest BCUT2D eigenvalue weighted by molar-refractivity contribution is 0.150. The van der Waals surface area contributed by atoms with Crippen molar-refractivity contribution in [2.24, 2.45) is 5.92 Å². The third-order valence-corrected chi connectivity index (χ3v) is 5.47. The molecule has 0 saturated heterocycles. The average molecular weight is 302 g/mol. The highest BCUT2D eigenvalue weighted by Crippen LogP contribution is 2.60. The predicted octanol–water partition coefficient (Wildman–Crippen LogP) is 2.48. The van der Waals surface area contributed by atoms with Crippen LogP contribution < -0.4 is 0 Å². The maximum absolute atomic E-state index is 11.9. The molecule has 0 aromatic heterocycles. The number of rotatable bonds is 12. The minimum Gasteiger partial charge on any atom is -0.396 e. The molecule has 0 aliphatic heterocycles. The molecule has 6 nitrogen and oxygen atoms in total. The third-order valence-electron chi connectivity index (χ3n) is 2.43. The summed E-state index contributed by atoms with van der Waals surface area (Å²) in [6.07, 6.45) is 2.22. The molecule has 2 atom stereocenters. The van der Waals surface area contributed by atoms with E-state index in [0.29, 0.717) is 37.7 Å². The predicted molar refractivity (Wildman–Crippen MR) is 71.5 cm³/mol. The SMILES string of the molecule is COCCC(CCO)CCOP(=O)(OC)SOC. The number of hydrogen-bond acceptors (Lipinski definition) is 7. The van der Waals surface area contributed by atoms with Crippen LogP contribution in [0.15, 0.2) is 0 Å². The van der Waals surface area contributed by atoms with E-state index in [4.69, 9.17) is 23.1 Å². The highest BCUT2D eigenvalue weighted by Gasteiger charge is 2.25. The molecule has 0 fully saturated rings. The average Bonchev–Trinajstić information content (AvgIpc) is 2.36. The molecular formula is C10H23O6PS. The Kier molecular flexibility index (Phi) is 11.5. The van der Waals surface area contributed by atoms with Crippen LogP contribution in [0.1, 0.15) is 19.3 Å². The first-order valence-electron chi connectivity index (χ1n) is 5.74. The Hall–Kier alpha value is 0.380. The van der Waals surface area contributed by atoms with E-state index in [-0.39, 0.29) is 12.5 Å². The fraction of sp³-hybridized carbons (Fsp3) is 1.00. The van der Waals surface area contributed by atoms with E-state index < -0.39 is 6.80 Å². The van der Waals surface area contributed by atoms with E-state index in [9.17, 15) is 4.57 Å². The Morgan fingerprint density at radius 1 is 1.17 bits per heavy atom. The molecule has 0 amide bonds. The van der Waals surface area contributed by atoms with Crippen LogP contribution in [0.2, 0.25) is 0 Å². The molecule has 0 aliphatic rings. The van der Waals surface area contributed by atoms with E-state index >= 15 is 0 Å². The summed E-state index contributed by atoms with van der Waals surface area (Å²) in [5, 5.41) is 8.94. The molecule has 1 N–H and O–H groups in total. The van der Waals surface area contributed by atoms with E-state index in [1.54, 1.807) is 7.11 Å². The molecule has 0 spiro atoms. The van der Waals surface area contributed by atoms with Crippen molar-refractivity contribution in [3.8, 4) is 0 Å². The van der Waals surface area contributed by atoms with Gasteiger partial charge in [0.25, 0.3) is 0 Å². The fourth-order valence-corrected chi connectivity index (χ4v) is 3.23. The zero-order valence-electron chi connectivity index (χ0n) is 11.2. The van der Waals surface area contributed by atoms with Crippen molar-refractivity contribution in [3.05, 3.63) is 0 Å². The van der Waals surface area contributed by atoms with Crippen molar-refractivity contribution in [3.63, 3.8) is 0 Å². The maximum Gasteiger partial charge on any atom is 0.415 e. The number of hydrogen-bond donors (Lipinski definition) is 1. The van der Waals surface area contributed by atoms with Crippen molar-refractivity contribution in [2.75, 3.05) is 41.2 Å². The summed E-state index contributed by atoms with van der Waals surface area (Å²) >= 11 is 0.699. The first kappa shape index (κ1) is 18.4. The zero-order valence-corrected chi connectivity index (χ0v) is 12.9. The van der Waals surface area contributed by atoms with Gasteiger partial charge in [-0.05, 0) is 25.2 Å². The quantitative estimate of drug-likeness (QED) is 0.438. The number of aliphatic hydroxyl groups excluding tert-OH is 1. The van der Waals surface area contributed by atoms with Crippen molar-refractivity contribution < 1.29 is 27.6 Å². The number of methoxy groups -OCH3 is 1. The van der Waals surface area contributed by atoms with Gasteiger partial charge in [0, 0.05) is 27.4 Å². The highest BCUT2D eigenvalue weighted by atomic mass is 32.7. The Balaban J connectivity index is 3.98. The van der Waals surface area contributed by atoms with E-state index in [1.165, 1.54) is 14.2 Å². The van der Waals surface area contributed by atoms with Gasteiger partial charge in [-0.15, -0.1) is 0 Å². The van der Waals surface area contributed by atoms with Gasteiger partial charge in [0.05, 0.1) is 13.7 Å². The molecule has 18 heavy (non-hydrogen) atoms. The molecule has 0 heterocycles. The molecule has 0 saturated carbocycles. The van der Waals surface area contributed by atoms with E-state index in [1.807, 2.05) is 0 Å². The fourth-order valence-electron chi connectivity index (χ4n) is 1.43. The van der Waals surface area contributed by atoms with Crippen LogP contribution in [0.25, 0.3) is 0 Å². The highest BCUT2D eigenvalue weighted by molar-refractivity contribution is 8.52. The van der Waals surface area contributed by atoms with Crippen LogP contribution in [0, 0.1) is 5.92 Å². The van der Waals surface area contributed by atoms with Gasteiger partial charge in [-0.25, -0.2) is 4.57 Å². The third kappa shape index (κ3) is 8.48. The smallest absolute Gasteiger partial charge is 0.396 e. The maximum atomic E-state index is 11.9. The van der Waals surface area contributed by atoms with Crippen LogP contribution in [-0.4, -0.2) is 46.3 Å². The molecule has 110 valence electrons. The lowest BCUT2D eigenvalue weighted by atomic mass is 9.99. The normalized spacial score (nSPS) is 16.4. The van der Waals surface area contributed by atoms with E-state index in [2.05, 4.69) is 0 Å². The van der Waals surface area contributed by atoms with Crippen LogP contribution in [-0.2, 0) is 22.5 Å². The van der Waals surface area contributed by atoms with Gasteiger partial charge in [-0.2, -0.15) is 0 Å². The van der Waals surface area contributed by atoms with Crippen molar-refractivity contribution in [1.29, 1.82) is 0 Å². The Labute approximate surface area is 113 Å². The Morgan fingerprint density at radius 3 is 2.33 bits per heavy atom. The first-order chi connectivity index (χ1) is 8.61. The standard InChI is InChI=1S/C10H23O6PS/c1-13-8-5-10(4-7-11)6-9-16-17(12,14-2)18-15-3/h10-11H,4-9H2,1-3H3. The second-order valence-corrected chi connectivity index (χ2v) is 7.44. The summed E-state index contributed by atoms with van der Waals surface area (Å²) in [6.45, 7) is -2.13. The molecule has 0 aliphatic carbocycles. The minimum atomic E-state index is -3.20.